The van der Waals surface area contributed by atoms with Crippen LogP contribution in [0.25, 0.3) is 0 Å². The predicted molar refractivity (Wildman–Crippen MR) is 65.6 cm³/mol. The van der Waals surface area contributed by atoms with E-state index >= 15 is 0 Å². The number of carbonyl (C=O) groups excluding carboxylic acids is 2. The minimum absolute atomic E-state index is 0.148. The molecule has 5 heteroatoms. The minimum atomic E-state index is -0.767. The summed E-state index contributed by atoms with van der Waals surface area (Å²) >= 11 is 0. The number of rotatable bonds is 4. The number of aryl methyl sites for hydroxylation is 1. The Labute approximate surface area is 106 Å². The molecule has 1 aromatic heterocycles. The van der Waals surface area contributed by atoms with Crippen molar-refractivity contribution in [3.63, 3.8) is 0 Å². The van der Waals surface area contributed by atoms with Crippen molar-refractivity contribution in [2.75, 3.05) is 6.54 Å². The molecule has 0 radical (unpaired) electrons. The molecule has 1 aliphatic rings. The van der Waals surface area contributed by atoms with Gasteiger partial charge in [-0.25, -0.2) is 9.36 Å². The lowest BCUT2D eigenvalue weighted by molar-refractivity contribution is -0.697. The molecule has 1 aromatic rings. The lowest BCUT2D eigenvalue weighted by atomic mass is 10.1. The van der Waals surface area contributed by atoms with E-state index in [9.17, 15) is 9.59 Å². The molecular formula is C13H18N3O2+. The first kappa shape index (κ1) is 12.5. The number of aromatic nitrogens is 1. The van der Waals surface area contributed by atoms with E-state index in [0.29, 0.717) is 6.54 Å². The van der Waals surface area contributed by atoms with Crippen LogP contribution in [-0.4, -0.2) is 28.9 Å². The fourth-order valence-electron chi connectivity index (χ4n) is 2.02. The molecule has 0 unspecified atom stereocenters. The number of amides is 3. The van der Waals surface area contributed by atoms with Crippen molar-refractivity contribution < 1.29 is 14.2 Å². The van der Waals surface area contributed by atoms with Crippen LogP contribution in [0.4, 0.5) is 4.79 Å². The smallest absolute Gasteiger partial charge is 0.324 e. The van der Waals surface area contributed by atoms with Gasteiger partial charge in [-0.2, -0.15) is 0 Å². The second kappa shape index (κ2) is 4.76. The zero-order chi connectivity index (χ0) is 13.2. The van der Waals surface area contributed by atoms with Crippen LogP contribution in [-0.2, 0) is 11.3 Å². The zero-order valence-corrected chi connectivity index (χ0v) is 10.7. The van der Waals surface area contributed by atoms with Crippen molar-refractivity contribution in [2.24, 2.45) is 0 Å². The summed E-state index contributed by atoms with van der Waals surface area (Å²) in [5.74, 6) is -0.148. The molecule has 18 heavy (non-hydrogen) atoms. The Kier molecular flexibility index (Phi) is 3.32. The number of hydrogen-bond acceptors (Lipinski definition) is 2. The van der Waals surface area contributed by atoms with Crippen molar-refractivity contribution in [2.45, 2.75) is 32.4 Å². The number of carbonyl (C=O) groups is 2. The first-order valence-electron chi connectivity index (χ1n) is 6.09. The van der Waals surface area contributed by atoms with Gasteiger partial charge >= 0.3 is 6.03 Å². The van der Waals surface area contributed by atoms with E-state index in [0.717, 1.165) is 13.0 Å². The largest absolute Gasteiger partial charge is 0.325 e. The molecule has 3 amide bonds. The second-order valence-electron chi connectivity index (χ2n) is 4.98. The van der Waals surface area contributed by atoms with Gasteiger partial charge in [-0.05, 0) is 13.8 Å². The Hall–Kier alpha value is -1.91. The lowest BCUT2D eigenvalue weighted by Crippen LogP contribution is -2.41. The van der Waals surface area contributed by atoms with Gasteiger partial charge in [0.25, 0.3) is 5.91 Å². The van der Waals surface area contributed by atoms with Crippen molar-refractivity contribution in [1.82, 2.24) is 10.2 Å². The van der Waals surface area contributed by atoms with Crippen molar-refractivity contribution in [3.8, 4) is 0 Å². The lowest BCUT2D eigenvalue weighted by Gasteiger charge is -2.15. The first-order valence-corrected chi connectivity index (χ1v) is 6.09. The summed E-state index contributed by atoms with van der Waals surface area (Å²) in [5.41, 5.74) is -0.767. The first-order chi connectivity index (χ1) is 8.50. The highest BCUT2D eigenvalue weighted by molar-refractivity contribution is 6.06. The Bertz CT molecular complexity index is 457. The van der Waals surface area contributed by atoms with Gasteiger partial charge in [0.2, 0.25) is 0 Å². The van der Waals surface area contributed by atoms with E-state index in [1.54, 1.807) is 13.8 Å². The van der Waals surface area contributed by atoms with E-state index in [-0.39, 0.29) is 11.9 Å². The van der Waals surface area contributed by atoms with E-state index in [1.165, 1.54) is 4.90 Å². The number of imide groups is 1. The highest BCUT2D eigenvalue weighted by atomic mass is 16.2. The molecule has 0 aliphatic carbocycles. The van der Waals surface area contributed by atoms with Crippen LogP contribution in [0.2, 0.25) is 0 Å². The summed E-state index contributed by atoms with van der Waals surface area (Å²) in [7, 11) is 0. The predicted octanol–water partition coefficient (Wildman–Crippen LogP) is 0.695. The fourth-order valence-corrected chi connectivity index (χ4v) is 2.02. The second-order valence-corrected chi connectivity index (χ2v) is 4.98. The highest BCUT2D eigenvalue weighted by Crippen LogP contribution is 2.16. The van der Waals surface area contributed by atoms with Gasteiger partial charge in [-0.1, -0.05) is 6.07 Å². The van der Waals surface area contributed by atoms with Crippen molar-refractivity contribution in [3.05, 3.63) is 30.6 Å². The molecule has 96 valence electrons. The number of nitrogens with zero attached hydrogens (tertiary/aromatic N) is 2. The molecular weight excluding hydrogens is 230 g/mol. The third-order valence-electron chi connectivity index (χ3n) is 3.02. The molecule has 1 saturated heterocycles. The monoisotopic (exact) mass is 248 g/mol. The average Bonchev–Trinajstić information content (AvgIpc) is 2.52. The van der Waals surface area contributed by atoms with E-state index in [2.05, 4.69) is 5.32 Å². The van der Waals surface area contributed by atoms with Gasteiger partial charge in [-0.15, -0.1) is 0 Å². The molecule has 0 aromatic carbocycles. The minimum Gasteiger partial charge on any atom is -0.324 e. The van der Waals surface area contributed by atoms with Crippen LogP contribution >= 0.6 is 0 Å². The van der Waals surface area contributed by atoms with Crippen LogP contribution in [0.15, 0.2) is 30.6 Å². The molecule has 2 heterocycles. The Morgan fingerprint density at radius 3 is 2.44 bits per heavy atom. The van der Waals surface area contributed by atoms with E-state index in [4.69, 9.17) is 0 Å². The van der Waals surface area contributed by atoms with Crippen LogP contribution in [0.1, 0.15) is 20.3 Å². The van der Waals surface area contributed by atoms with Gasteiger partial charge < -0.3 is 5.32 Å². The van der Waals surface area contributed by atoms with Gasteiger partial charge in [0.1, 0.15) is 12.1 Å². The van der Waals surface area contributed by atoms with Crippen molar-refractivity contribution in [1.29, 1.82) is 0 Å². The number of pyridine rings is 1. The summed E-state index contributed by atoms with van der Waals surface area (Å²) in [6, 6.07) is 5.58. The standard InChI is InChI=1S/C13H17N3O2/c1-13(2)11(17)16(12(18)14-13)10-6-9-15-7-4-3-5-8-15/h3-5,7-8H,6,9-10H2,1-2H3/p+1. The van der Waals surface area contributed by atoms with Crippen LogP contribution in [0.5, 0.6) is 0 Å². The summed E-state index contributed by atoms with van der Waals surface area (Å²) < 4.78 is 2.03. The van der Waals surface area contributed by atoms with Gasteiger partial charge in [0.05, 0.1) is 0 Å². The molecule has 0 bridgehead atoms. The molecule has 0 saturated carbocycles. The molecule has 0 atom stereocenters. The Morgan fingerprint density at radius 1 is 1.22 bits per heavy atom. The highest BCUT2D eigenvalue weighted by Gasteiger charge is 2.43. The summed E-state index contributed by atoms with van der Waals surface area (Å²) in [6.45, 7) is 4.69. The summed E-state index contributed by atoms with van der Waals surface area (Å²) in [4.78, 5) is 24.8. The number of hydrogen-bond donors (Lipinski definition) is 1. The van der Waals surface area contributed by atoms with Gasteiger partial charge in [0.15, 0.2) is 12.4 Å². The van der Waals surface area contributed by atoms with Crippen LogP contribution in [0.3, 0.4) is 0 Å². The average molecular weight is 248 g/mol. The van der Waals surface area contributed by atoms with E-state index in [1.807, 2.05) is 35.2 Å². The third-order valence-corrected chi connectivity index (χ3v) is 3.02. The number of nitrogens with one attached hydrogen (secondary N) is 1. The molecule has 1 fully saturated rings. The topological polar surface area (TPSA) is 53.3 Å². The molecule has 5 nitrogen and oxygen atoms in total. The van der Waals surface area contributed by atoms with Gasteiger partial charge in [0, 0.05) is 25.1 Å². The zero-order valence-electron chi connectivity index (χ0n) is 10.7. The quantitative estimate of drug-likeness (QED) is 0.630. The molecule has 0 spiro atoms. The van der Waals surface area contributed by atoms with Crippen LogP contribution < -0.4 is 9.88 Å². The van der Waals surface area contributed by atoms with E-state index < -0.39 is 5.54 Å². The van der Waals surface area contributed by atoms with Crippen LogP contribution in [0, 0.1) is 0 Å². The maximum absolute atomic E-state index is 11.9. The molecule has 1 N–H and O–H groups in total. The fraction of sp³-hybridized carbons (Fsp3) is 0.462. The maximum Gasteiger partial charge on any atom is 0.325 e. The van der Waals surface area contributed by atoms with Gasteiger partial charge in [-0.3, -0.25) is 9.69 Å². The Morgan fingerprint density at radius 2 is 1.89 bits per heavy atom. The summed E-state index contributed by atoms with van der Waals surface area (Å²) in [5, 5.41) is 2.67. The van der Waals surface area contributed by atoms with Crippen molar-refractivity contribution >= 4 is 11.9 Å². The maximum atomic E-state index is 11.9. The SMILES string of the molecule is CC1(C)NC(=O)N(CCC[n+]2ccccc2)C1=O. The molecule has 2 rings (SSSR count). The normalized spacial score (nSPS) is 18.0. The Balaban J connectivity index is 1.88. The molecule has 1 aliphatic heterocycles. The number of urea groups is 1. The third kappa shape index (κ3) is 2.50. The summed E-state index contributed by atoms with van der Waals surface area (Å²) in [6.07, 6.45) is 4.69.